The lowest BCUT2D eigenvalue weighted by Gasteiger charge is -2.24. The quantitative estimate of drug-likeness (QED) is 0.679. The van der Waals surface area contributed by atoms with Crippen molar-refractivity contribution in [3.63, 3.8) is 0 Å². The first-order valence-electron chi connectivity index (χ1n) is 8.91. The summed E-state index contributed by atoms with van der Waals surface area (Å²) in [5.74, 6) is 0.477. The molecule has 0 spiro atoms. The predicted octanol–water partition coefficient (Wildman–Crippen LogP) is 4.24. The summed E-state index contributed by atoms with van der Waals surface area (Å²) in [6.07, 6.45) is 0. The molecule has 0 aliphatic heterocycles. The van der Waals surface area contributed by atoms with Crippen LogP contribution in [0.5, 0.6) is 0 Å². The van der Waals surface area contributed by atoms with Gasteiger partial charge in [-0.2, -0.15) is 0 Å². The van der Waals surface area contributed by atoms with Gasteiger partial charge in [-0.25, -0.2) is 4.98 Å². The molecular formula is C21H25N3OS. The normalized spacial score (nSPS) is 12.5. The van der Waals surface area contributed by atoms with Gasteiger partial charge in [0.25, 0.3) is 0 Å². The van der Waals surface area contributed by atoms with E-state index in [0.29, 0.717) is 19.0 Å². The minimum absolute atomic E-state index is 0.0748. The third kappa shape index (κ3) is 4.48. The first-order chi connectivity index (χ1) is 12.5. The highest BCUT2D eigenvalue weighted by molar-refractivity contribution is 7.18. The van der Waals surface area contributed by atoms with E-state index in [1.165, 1.54) is 5.56 Å². The molecule has 0 saturated carbocycles. The van der Waals surface area contributed by atoms with Crippen LogP contribution in [0.15, 0.2) is 54.6 Å². The number of amides is 1. The van der Waals surface area contributed by atoms with Crippen molar-refractivity contribution in [1.29, 1.82) is 0 Å². The van der Waals surface area contributed by atoms with E-state index in [9.17, 15) is 4.79 Å². The van der Waals surface area contributed by atoms with Crippen LogP contribution in [0.4, 0.5) is 0 Å². The van der Waals surface area contributed by atoms with E-state index in [4.69, 9.17) is 0 Å². The summed E-state index contributed by atoms with van der Waals surface area (Å²) < 4.78 is 1.16. The number of aromatic nitrogens is 1. The van der Waals surface area contributed by atoms with Gasteiger partial charge < -0.3 is 10.2 Å². The van der Waals surface area contributed by atoms with Gasteiger partial charge in [0.2, 0.25) is 5.91 Å². The molecule has 0 aliphatic rings. The van der Waals surface area contributed by atoms with Crippen LogP contribution in [0.2, 0.25) is 0 Å². The first-order valence-corrected chi connectivity index (χ1v) is 9.73. The van der Waals surface area contributed by atoms with Crippen LogP contribution >= 0.6 is 11.3 Å². The fourth-order valence-electron chi connectivity index (χ4n) is 3.01. The molecule has 0 radical (unpaired) electrons. The lowest BCUT2D eigenvalue weighted by atomic mass is 9.96. The van der Waals surface area contributed by atoms with Crippen LogP contribution < -0.4 is 5.32 Å². The SMILES string of the molecule is CC(C)[C@H](NCC(=O)N(C)Cc1nc2ccccc2s1)c1ccccc1. The van der Waals surface area contributed by atoms with Crippen LogP contribution in [0.25, 0.3) is 10.2 Å². The van der Waals surface area contributed by atoms with Gasteiger partial charge in [0, 0.05) is 13.1 Å². The van der Waals surface area contributed by atoms with E-state index < -0.39 is 0 Å². The fourth-order valence-corrected chi connectivity index (χ4v) is 4.03. The molecule has 3 aromatic rings. The van der Waals surface area contributed by atoms with Gasteiger partial charge in [0.05, 0.1) is 23.3 Å². The summed E-state index contributed by atoms with van der Waals surface area (Å²) in [5.41, 5.74) is 2.21. The summed E-state index contributed by atoms with van der Waals surface area (Å²) in [7, 11) is 1.84. The summed E-state index contributed by atoms with van der Waals surface area (Å²) in [6.45, 7) is 5.19. The molecule has 0 unspecified atom stereocenters. The molecule has 1 atom stereocenters. The molecule has 3 rings (SSSR count). The molecule has 1 heterocycles. The van der Waals surface area contributed by atoms with Crippen molar-refractivity contribution in [3.8, 4) is 0 Å². The Hall–Kier alpha value is -2.24. The first kappa shape index (κ1) is 18.5. The number of hydrogen-bond acceptors (Lipinski definition) is 4. The monoisotopic (exact) mass is 367 g/mol. The maximum atomic E-state index is 12.6. The van der Waals surface area contributed by atoms with Gasteiger partial charge >= 0.3 is 0 Å². The number of fused-ring (bicyclic) bond motifs is 1. The van der Waals surface area contributed by atoms with E-state index in [-0.39, 0.29) is 11.9 Å². The van der Waals surface area contributed by atoms with Gasteiger partial charge in [0.1, 0.15) is 5.01 Å². The maximum absolute atomic E-state index is 12.6. The zero-order valence-corrected chi connectivity index (χ0v) is 16.3. The van der Waals surface area contributed by atoms with Gasteiger partial charge in [-0.15, -0.1) is 11.3 Å². The Morgan fingerprint density at radius 3 is 2.50 bits per heavy atom. The van der Waals surface area contributed by atoms with Crippen LogP contribution in [0.3, 0.4) is 0 Å². The lowest BCUT2D eigenvalue weighted by molar-refractivity contribution is -0.129. The van der Waals surface area contributed by atoms with E-state index >= 15 is 0 Å². The van der Waals surface area contributed by atoms with Crippen LogP contribution in [0.1, 0.15) is 30.5 Å². The third-order valence-electron chi connectivity index (χ3n) is 4.43. The molecule has 0 bridgehead atoms. The van der Waals surface area contributed by atoms with E-state index in [0.717, 1.165) is 15.2 Å². The number of thiazole rings is 1. The molecule has 4 nitrogen and oxygen atoms in total. The number of para-hydroxylation sites is 1. The highest BCUT2D eigenvalue weighted by Gasteiger charge is 2.18. The number of likely N-dealkylation sites (N-methyl/N-ethyl adjacent to an activating group) is 1. The number of nitrogens with zero attached hydrogens (tertiary/aromatic N) is 2. The molecular weight excluding hydrogens is 342 g/mol. The minimum atomic E-state index is 0.0748. The van der Waals surface area contributed by atoms with Crippen LogP contribution in [-0.2, 0) is 11.3 Å². The Bertz CT molecular complexity index is 827. The molecule has 1 N–H and O–H groups in total. The van der Waals surface area contributed by atoms with Crippen molar-refractivity contribution in [2.75, 3.05) is 13.6 Å². The minimum Gasteiger partial charge on any atom is -0.338 e. The average molecular weight is 368 g/mol. The third-order valence-corrected chi connectivity index (χ3v) is 5.46. The number of carbonyl (C=O) groups excluding carboxylic acids is 1. The molecule has 5 heteroatoms. The number of rotatable bonds is 7. The molecule has 0 saturated heterocycles. The van der Waals surface area contributed by atoms with E-state index in [2.05, 4.69) is 42.3 Å². The van der Waals surface area contributed by atoms with E-state index in [1.807, 2.05) is 43.4 Å². The molecule has 0 aliphatic carbocycles. The smallest absolute Gasteiger partial charge is 0.236 e. The fraction of sp³-hybridized carbons (Fsp3) is 0.333. The average Bonchev–Trinajstić information content (AvgIpc) is 3.04. The Labute approximate surface area is 158 Å². The molecule has 136 valence electrons. The lowest BCUT2D eigenvalue weighted by Crippen LogP contribution is -2.38. The van der Waals surface area contributed by atoms with Crippen molar-refractivity contribution in [1.82, 2.24) is 15.2 Å². The zero-order chi connectivity index (χ0) is 18.5. The highest BCUT2D eigenvalue weighted by atomic mass is 32.1. The summed E-state index contributed by atoms with van der Waals surface area (Å²) in [5, 5.41) is 4.38. The van der Waals surface area contributed by atoms with Crippen molar-refractivity contribution >= 4 is 27.5 Å². The molecule has 1 aromatic heterocycles. The Balaban J connectivity index is 1.59. The predicted molar refractivity (Wildman–Crippen MR) is 108 cm³/mol. The topological polar surface area (TPSA) is 45.2 Å². The number of hydrogen-bond donors (Lipinski definition) is 1. The second kappa shape index (κ2) is 8.43. The summed E-state index contributed by atoms with van der Waals surface area (Å²) in [4.78, 5) is 18.9. The summed E-state index contributed by atoms with van der Waals surface area (Å²) >= 11 is 1.64. The van der Waals surface area contributed by atoms with Crippen LogP contribution in [-0.4, -0.2) is 29.4 Å². The van der Waals surface area contributed by atoms with Gasteiger partial charge in [-0.3, -0.25) is 4.79 Å². The highest BCUT2D eigenvalue weighted by Crippen LogP contribution is 2.23. The van der Waals surface area contributed by atoms with Crippen molar-refractivity contribution in [2.45, 2.75) is 26.4 Å². The number of carbonyl (C=O) groups is 1. The zero-order valence-electron chi connectivity index (χ0n) is 15.5. The van der Waals surface area contributed by atoms with Crippen molar-refractivity contribution < 1.29 is 4.79 Å². The molecule has 2 aromatic carbocycles. The molecule has 26 heavy (non-hydrogen) atoms. The maximum Gasteiger partial charge on any atom is 0.236 e. The Kier molecular flexibility index (Phi) is 6.01. The second-order valence-electron chi connectivity index (χ2n) is 6.84. The molecule has 0 fully saturated rings. The van der Waals surface area contributed by atoms with Gasteiger partial charge in [0.15, 0.2) is 0 Å². The van der Waals surface area contributed by atoms with Gasteiger partial charge in [-0.1, -0.05) is 56.3 Å². The number of nitrogens with one attached hydrogen (secondary N) is 1. The van der Waals surface area contributed by atoms with Crippen molar-refractivity contribution in [3.05, 3.63) is 65.2 Å². The van der Waals surface area contributed by atoms with Gasteiger partial charge in [-0.05, 0) is 23.6 Å². The number of benzene rings is 2. The standard InChI is InChI=1S/C21H25N3OS/c1-15(2)21(16-9-5-4-6-10-16)22-13-20(25)24(3)14-19-23-17-11-7-8-12-18(17)26-19/h4-12,15,21-22H,13-14H2,1-3H3/t21-/m0/s1. The Morgan fingerprint density at radius 2 is 1.81 bits per heavy atom. The molecule has 1 amide bonds. The van der Waals surface area contributed by atoms with E-state index in [1.54, 1.807) is 16.2 Å². The Morgan fingerprint density at radius 1 is 1.12 bits per heavy atom. The van der Waals surface area contributed by atoms with Crippen LogP contribution in [0, 0.1) is 5.92 Å². The second-order valence-corrected chi connectivity index (χ2v) is 7.95. The van der Waals surface area contributed by atoms with Crippen molar-refractivity contribution in [2.24, 2.45) is 5.92 Å². The summed E-state index contributed by atoms with van der Waals surface area (Å²) in [6, 6.07) is 18.5. The largest absolute Gasteiger partial charge is 0.338 e.